The van der Waals surface area contributed by atoms with Gasteiger partial charge in [-0.05, 0) is 25.7 Å². The third kappa shape index (κ3) is 2.19. The second-order valence-corrected chi connectivity index (χ2v) is 4.35. The first kappa shape index (κ1) is 11.4. The summed E-state index contributed by atoms with van der Waals surface area (Å²) in [6.07, 6.45) is 1.71. The average molecular weight is 226 g/mol. The predicted molar refractivity (Wildman–Crippen MR) is 57.7 cm³/mol. The summed E-state index contributed by atoms with van der Waals surface area (Å²) in [5.74, 6) is 0.256. The molecule has 2 aliphatic heterocycles. The van der Waals surface area contributed by atoms with Gasteiger partial charge in [0.1, 0.15) is 6.04 Å². The fourth-order valence-electron chi connectivity index (χ4n) is 2.37. The third-order valence-corrected chi connectivity index (χ3v) is 3.35. The highest BCUT2D eigenvalue weighted by Crippen LogP contribution is 2.21. The van der Waals surface area contributed by atoms with Gasteiger partial charge in [-0.2, -0.15) is 0 Å². The van der Waals surface area contributed by atoms with Gasteiger partial charge in [0.25, 0.3) is 0 Å². The van der Waals surface area contributed by atoms with Crippen molar-refractivity contribution in [3.05, 3.63) is 0 Å². The summed E-state index contributed by atoms with van der Waals surface area (Å²) in [7, 11) is 0. The molecule has 5 heteroatoms. The lowest BCUT2D eigenvalue weighted by molar-refractivity contribution is -0.146. The van der Waals surface area contributed by atoms with E-state index in [1.165, 1.54) is 0 Å². The number of carbonyl (C=O) groups is 2. The van der Waals surface area contributed by atoms with Crippen LogP contribution in [0.4, 0.5) is 0 Å². The minimum absolute atomic E-state index is 0.0436. The number of nitrogens with zero attached hydrogens (tertiary/aromatic N) is 1. The molecule has 0 radical (unpaired) electrons. The Morgan fingerprint density at radius 3 is 2.69 bits per heavy atom. The summed E-state index contributed by atoms with van der Waals surface area (Å²) in [4.78, 5) is 25.2. The smallest absolute Gasteiger partial charge is 0.245 e. The van der Waals surface area contributed by atoms with E-state index in [0.717, 1.165) is 12.8 Å². The topological polar surface area (TPSA) is 58.6 Å². The van der Waals surface area contributed by atoms with E-state index >= 15 is 0 Å². The molecule has 2 heterocycles. The summed E-state index contributed by atoms with van der Waals surface area (Å²) in [5.41, 5.74) is 0. The Bertz CT molecular complexity index is 287. The van der Waals surface area contributed by atoms with Gasteiger partial charge < -0.3 is 15.0 Å². The Balaban J connectivity index is 2.06. The summed E-state index contributed by atoms with van der Waals surface area (Å²) >= 11 is 0. The van der Waals surface area contributed by atoms with E-state index < -0.39 is 0 Å². The Labute approximate surface area is 95.1 Å². The molecule has 0 aliphatic carbocycles. The fraction of sp³-hybridized carbons (Fsp3) is 0.818. The highest BCUT2D eigenvalue weighted by Gasteiger charge is 2.37. The van der Waals surface area contributed by atoms with Gasteiger partial charge in [0.05, 0.1) is 6.54 Å². The van der Waals surface area contributed by atoms with Crippen molar-refractivity contribution in [2.24, 2.45) is 5.92 Å². The fourth-order valence-corrected chi connectivity index (χ4v) is 2.37. The van der Waals surface area contributed by atoms with E-state index in [-0.39, 0.29) is 30.3 Å². The van der Waals surface area contributed by atoms with Crippen molar-refractivity contribution in [3.8, 4) is 0 Å². The molecular weight excluding hydrogens is 208 g/mol. The molecule has 90 valence electrons. The van der Waals surface area contributed by atoms with Gasteiger partial charge in [-0.1, -0.05) is 0 Å². The average Bonchev–Trinajstić information content (AvgIpc) is 2.33. The lowest BCUT2D eigenvalue weighted by Gasteiger charge is -2.37. The summed E-state index contributed by atoms with van der Waals surface area (Å²) in [6, 6.07) is -0.329. The quantitative estimate of drug-likeness (QED) is 0.707. The number of ether oxygens (including phenoxy) is 1. The second-order valence-electron chi connectivity index (χ2n) is 4.35. The molecule has 16 heavy (non-hydrogen) atoms. The molecule has 0 aromatic heterocycles. The molecule has 0 bridgehead atoms. The molecule has 0 saturated carbocycles. The van der Waals surface area contributed by atoms with Gasteiger partial charge in [-0.25, -0.2) is 0 Å². The predicted octanol–water partition coefficient (Wildman–Crippen LogP) is -0.240. The van der Waals surface area contributed by atoms with Crippen LogP contribution in [-0.4, -0.2) is 49.1 Å². The van der Waals surface area contributed by atoms with Gasteiger partial charge in [0.2, 0.25) is 11.8 Å². The first-order chi connectivity index (χ1) is 7.72. The van der Waals surface area contributed by atoms with Crippen LogP contribution in [-0.2, 0) is 14.3 Å². The third-order valence-electron chi connectivity index (χ3n) is 3.35. The Hall–Kier alpha value is -1.10. The molecular formula is C11H18N2O3. The highest BCUT2D eigenvalue weighted by molar-refractivity contribution is 5.95. The van der Waals surface area contributed by atoms with Crippen molar-refractivity contribution in [2.45, 2.75) is 25.8 Å². The summed E-state index contributed by atoms with van der Waals surface area (Å²) < 4.78 is 5.27. The molecule has 0 aromatic rings. The Morgan fingerprint density at radius 2 is 2.06 bits per heavy atom. The lowest BCUT2D eigenvalue weighted by atomic mass is 9.89. The molecule has 1 unspecified atom stereocenters. The number of rotatable bonds is 2. The van der Waals surface area contributed by atoms with Crippen molar-refractivity contribution in [3.63, 3.8) is 0 Å². The maximum absolute atomic E-state index is 12.1. The van der Waals surface area contributed by atoms with Crippen LogP contribution >= 0.6 is 0 Å². The zero-order chi connectivity index (χ0) is 11.5. The molecule has 1 atom stereocenters. The first-order valence-corrected chi connectivity index (χ1v) is 5.88. The molecule has 2 aliphatic rings. The zero-order valence-corrected chi connectivity index (χ0v) is 9.57. The van der Waals surface area contributed by atoms with Gasteiger partial charge in [0, 0.05) is 19.8 Å². The van der Waals surface area contributed by atoms with Gasteiger partial charge in [-0.15, -0.1) is 0 Å². The monoisotopic (exact) mass is 226 g/mol. The van der Waals surface area contributed by atoms with Crippen LogP contribution in [0.1, 0.15) is 19.8 Å². The van der Waals surface area contributed by atoms with E-state index in [4.69, 9.17) is 4.74 Å². The van der Waals surface area contributed by atoms with Gasteiger partial charge in [0.15, 0.2) is 0 Å². The van der Waals surface area contributed by atoms with Gasteiger partial charge >= 0.3 is 0 Å². The molecule has 5 nitrogen and oxygen atoms in total. The Kier molecular flexibility index (Phi) is 3.43. The standard InChI is InChI=1S/C11H18N2O3/c1-2-13-7-9(14)12-10(11(13)15)8-3-5-16-6-4-8/h8,10H,2-7H2,1H3,(H,12,14). The van der Waals surface area contributed by atoms with E-state index in [2.05, 4.69) is 5.32 Å². The number of likely N-dealkylation sites (N-methyl/N-ethyl adjacent to an activating group) is 1. The molecule has 2 saturated heterocycles. The first-order valence-electron chi connectivity index (χ1n) is 5.88. The lowest BCUT2D eigenvalue weighted by Crippen LogP contribution is -2.60. The maximum Gasteiger partial charge on any atom is 0.245 e. The van der Waals surface area contributed by atoms with Crippen molar-refractivity contribution >= 4 is 11.8 Å². The molecule has 2 fully saturated rings. The van der Waals surface area contributed by atoms with Crippen LogP contribution in [0.25, 0.3) is 0 Å². The van der Waals surface area contributed by atoms with Crippen molar-refractivity contribution in [1.29, 1.82) is 0 Å². The molecule has 0 aromatic carbocycles. The van der Waals surface area contributed by atoms with Crippen LogP contribution in [0.2, 0.25) is 0 Å². The molecule has 0 spiro atoms. The number of piperazine rings is 1. The number of hydrogen-bond donors (Lipinski definition) is 1. The zero-order valence-electron chi connectivity index (χ0n) is 9.57. The van der Waals surface area contributed by atoms with E-state index in [1.54, 1.807) is 4.90 Å². The summed E-state index contributed by atoms with van der Waals surface area (Å²) in [6.45, 7) is 4.09. The minimum atomic E-state index is -0.329. The molecule has 2 rings (SSSR count). The van der Waals surface area contributed by atoms with Crippen LogP contribution in [0.3, 0.4) is 0 Å². The van der Waals surface area contributed by atoms with E-state index in [9.17, 15) is 9.59 Å². The SMILES string of the molecule is CCN1CC(=O)NC(C2CCOCC2)C1=O. The highest BCUT2D eigenvalue weighted by atomic mass is 16.5. The largest absolute Gasteiger partial charge is 0.381 e. The number of hydrogen-bond acceptors (Lipinski definition) is 3. The van der Waals surface area contributed by atoms with Crippen molar-refractivity contribution < 1.29 is 14.3 Å². The van der Waals surface area contributed by atoms with Crippen molar-refractivity contribution in [1.82, 2.24) is 10.2 Å². The van der Waals surface area contributed by atoms with E-state index in [0.29, 0.717) is 19.8 Å². The number of carbonyl (C=O) groups excluding carboxylic acids is 2. The second kappa shape index (κ2) is 4.82. The van der Waals surface area contributed by atoms with Crippen LogP contribution in [0.15, 0.2) is 0 Å². The van der Waals surface area contributed by atoms with Gasteiger partial charge in [-0.3, -0.25) is 9.59 Å². The number of nitrogens with one attached hydrogen (secondary N) is 1. The molecule has 2 amide bonds. The van der Waals surface area contributed by atoms with Crippen LogP contribution in [0, 0.1) is 5.92 Å². The van der Waals surface area contributed by atoms with Crippen molar-refractivity contribution in [2.75, 3.05) is 26.3 Å². The normalized spacial score (nSPS) is 28.1. The maximum atomic E-state index is 12.1. The summed E-state index contributed by atoms with van der Waals surface area (Å²) in [5, 5.41) is 2.81. The van der Waals surface area contributed by atoms with Crippen LogP contribution in [0.5, 0.6) is 0 Å². The Morgan fingerprint density at radius 1 is 1.38 bits per heavy atom. The minimum Gasteiger partial charge on any atom is -0.381 e. The van der Waals surface area contributed by atoms with E-state index in [1.807, 2.05) is 6.92 Å². The number of amides is 2. The molecule has 1 N–H and O–H groups in total. The van der Waals surface area contributed by atoms with Crippen LogP contribution < -0.4 is 5.32 Å².